The van der Waals surface area contributed by atoms with Crippen LogP contribution in [0.2, 0.25) is 0 Å². The van der Waals surface area contributed by atoms with Gasteiger partial charge in [0, 0.05) is 0 Å². The Morgan fingerprint density at radius 3 is 2.32 bits per heavy atom. The van der Waals surface area contributed by atoms with Crippen LogP contribution >= 0.6 is 0 Å². The van der Waals surface area contributed by atoms with Crippen LogP contribution in [0.25, 0.3) is 0 Å². The minimum absolute atomic E-state index is 0.634. The molecule has 100 valence electrons. The molecular formula is C18H22O. The van der Waals surface area contributed by atoms with E-state index in [0.717, 1.165) is 12.2 Å². The molecule has 19 heavy (non-hydrogen) atoms. The summed E-state index contributed by atoms with van der Waals surface area (Å²) in [6.07, 6.45) is 1.06. The van der Waals surface area contributed by atoms with Crippen molar-refractivity contribution in [3.63, 3.8) is 0 Å². The van der Waals surface area contributed by atoms with Crippen LogP contribution in [0.1, 0.15) is 30.5 Å². The van der Waals surface area contributed by atoms with E-state index in [9.17, 15) is 0 Å². The molecule has 0 saturated carbocycles. The zero-order chi connectivity index (χ0) is 13.7. The van der Waals surface area contributed by atoms with Gasteiger partial charge < -0.3 is 4.74 Å². The monoisotopic (exact) mass is 254 g/mol. The van der Waals surface area contributed by atoms with Gasteiger partial charge in [0.2, 0.25) is 0 Å². The Morgan fingerprint density at radius 1 is 0.947 bits per heavy atom. The fourth-order valence-electron chi connectivity index (χ4n) is 2.10. The van der Waals surface area contributed by atoms with Gasteiger partial charge in [-0.3, -0.25) is 0 Å². The average molecular weight is 254 g/mol. The van der Waals surface area contributed by atoms with Gasteiger partial charge in [-0.1, -0.05) is 61.9 Å². The predicted octanol–water partition coefficient (Wildman–Crippen LogP) is 4.77. The third-order valence-corrected chi connectivity index (χ3v) is 3.12. The third kappa shape index (κ3) is 4.13. The third-order valence-electron chi connectivity index (χ3n) is 3.12. The van der Waals surface area contributed by atoms with Crippen LogP contribution in [0.5, 0.6) is 5.75 Å². The molecule has 0 bridgehead atoms. The zero-order valence-corrected chi connectivity index (χ0v) is 12.0. The smallest absolute Gasteiger partial charge is 0.123 e. The van der Waals surface area contributed by atoms with Gasteiger partial charge in [-0.25, -0.2) is 0 Å². The molecule has 0 aliphatic heterocycles. The Kier molecular flexibility index (Phi) is 4.62. The zero-order valence-electron chi connectivity index (χ0n) is 12.0. The van der Waals surface area contributed by atoms with E-state index in [1.165, 1.54) is 16.7 Å². The van der Waals surface area contributed by atoms with Crippen molar-refractivity contribution in [2.45, 2.75) is 33.8 Å². The molecule has 0 aliphatic carbocycles. The van der Waals surface area contributed by atoms with Crippen molar-refractivity contribution in [1.29, 1.82) is 0 Å². The number of aryl methyl sites for hydroxylation is 1. The van der Waals surface area contributed by atoms with Crippen molar-refractivity contribution >= 4 is 0 Å². The van der Waals surface area contributed by atoms with E-state index in [4.69, 9.17) is 4.74 Å². The van der Waals surface area contributed by atoms with E-state index in [0.29, 0.717) is 12.5 Å². The molecular weight excluding hydrogens is 232 g/mol. The Labute approximate surface area is 116 Å². The van der Waals surface area contributed by atoms with E-state index < -0.39 is 0 Å². The molecule has 2 aromatic rings. The lowest BCUT2D eigenvalue weighted by Gasteiger charge is -2.13. The van der Waals surface area contributed by atoms with Crippen LogP contribution < -0.4 is 4.74 Å². The predicted molar refractivity (Wildman–Crippen MR) is 80.5 cm³/mol. The summed E-state index contributed by atoms with van der Waals surface area (Å²) in [5.41, 5.74) is 3.79. The maximum absolute atomic E-state index is 5.96. The number of ether oxygens (including phenoxy) is 1. The molecule has 0 N–H and O–H groups in total. The van der Waals surface area contributed by atoms with Gasteiger partial charge >= 0.3 is 0 Å². The van der Waals surface area contributed by atoms with Crippen molar-refractivity contribution in [3.8, 4) is 5.75 Å². The highest BCUT2D eigenvalue weighted by Gasteiger charge is 2.05. The summed E-state index contributed by atoms with van der Waals surface area (Å²) in [6.45, 7) is 7.20. The Bertz CT molecular complexity index is 511. The molecule has 0 atom stereocenters. The highest BCUT2D eigenvalue weighted by molar-refractivity contribution is 5.34. The number of hydrogen-bond donors (Lipinski definition) is 0. The van der Waals surface area contributed by atoms with Crippen molar-refractivity contribution in [2.24, 2.45) is 5.92 Å². The van der Waals surface area contributed by atoms with Crippen LogP contribution in [0, 0.1) is 12.8 Å². The average Bonchev–Trinajstić information content (AvgIpc) is 2.39. The fourth-order valence-corrected chi connectivity index (χ4v) is 2.10. The first kappa shape index (κ1) is 13.7. The molecule has 2 aromatic carbocycles. The Hall–Kier alpha value is -1.76. The lowest BCUT2D eigenvalue weighted by Crippen LogP contribution is -2.01. The Balaban J connectivity index is 2.04. The van der Waals surface area contributed by atoms with Crippen LogP contribution in [0.15, 0.2) is 48.5 Å². The normalized spacial score (nSPS) is 10.7. The van der Waals surface area contributed by atoms with Crippen molar-refractivity contribution < 1.29 is 4.74 Å². The first-order valence-electron chi connectivity index (χ1n) is 6.91. The van der Waals surface area contributed by atoms with Crippen molar-refractivity contribution in [1.82, 2.24) is 0 Å². The second kappa shape index (κ2) is 6.42. The molecule has 0 spiro atoms. The largest absolute Gasteiger partial charge is 0.489 e. The molecule has 1 heteroatoms. The number of benzene rings is 2. The summed E-state index contributed by atoms with van der Waals surface area (Å²) in [4.78, 5) is 0. The lowest BCUT2D eigenvalue weighted by molar-refractivity contribution is 0.302. The van der Waals surface area contributed by atoms with Gasteiger partial charge in [0.25, 0.3) is 0 Å². The molecule has 0 fully saturated rings. The summed E-state index contributed by atoms with van der Waals surface area (Å²) in [5, 5.41) is 0. The van der Waals surface area contributed by atoms with Crippen LogP contribution in [0.4, 0.5) is 0 Å². The quantitative estimate of drug-likeness (QED) is 0.746. The van der Waals surface area contributed by atoms with Crippen LogP contribution in [-0.2, 0) is 13.0 Å². The summed E-state index contributed by atoms with van der Waals surface area (Å²) >= 11 is 0. The van der Waals surface area contributed by atoms with Gasteiger partial charge in [0.15, 0.2) is 0 Å². The molecule has 0 radical (unpaired) electrons. The van der Waals surface area contributed by atoms with Crippen LogP contribution in [0.3, 0.4) is 0 Å². The van der Waals surface area contributed by atoms with Crippen molar-refractivity contribution in [3.05, 3.63) is 65.2 Å². The second-order valence-electron chi connectivity index (χ2n) is 5.48. The van der Waals surface area contributed by atoms with Gasteiger partial charge in [-0.05, 0) is 36.5 Å². The van der Waals surface area contributed by atoms with Crippen LogP contribution in [-0.4, -0.2) is 0 Å². The molecule has 2 rings (SSSR count). The van der Waals surface area contributed by atoms with E-state index in [1.807, 2.05) is 6.07 Å². The molecule has 0 aromatic heterocycles. The minimum Gasteiger partial charge on any atom is -0.489 e. The number of para-hydroxylation sites is 1. The standard InChI is InChI=1S/C18H22O/c1-14(2)12-17-6-4-5-7-18(17)19-13-16-10-8-15(3)9-11-16/h4-11,14H,12-13H2,1-3H3. The molecule has 0 aliphatic rings. The van der Waals surface area contributed by atoms with Gasteiger partial charge in [-0.15, -0.1) is 0 Å². The maximum Gasteiger partial charge on any atom is 0.123 e. The maximum atomic E-state index is 5.96. The fraction of sp³-hybridized carbons (Fsp3) is 0.333. The van der Waals surface area contributed by atoms with E-state index in [1.54, 1.807) is 0 Å². The summed E-state index contributed by atoms with van der Waals surface area (Å²) in [5.74, 6) is 1.65. The first-order valence-corrected chi connectivity index (χ1v) is 6.91. The highest BCUT2D eigenvalue weighted by Crippen LogP contribution is 2.22. The summed E-state index contributed by atoms with van der Waals surface area (Å²) < 4.78 is 5.96. The molecule has 0 saturated heterocycles. The molecule has 0 amide bonds. The summed E-state index contributed by atoms with van der Waals surface area (Å²) in [7, 11) is 0. The lowest BCUT2D eigenvalue weighted by atomic mass is 10.0. The first-order chi connectivity index (χ1) is 9.15. The highest BCUT2D eigenvalue weighted by atomic mass is 16.5. The van der Waals surface area contributed by atoms with Gasteiger partial charge in [0.1, 0.15) is 12.4 Å². The van der Waals surface area contributed by atoms with E-state index in [-0.39, 0.29) is 0 Å². The second-order valence-corrected chi connectivity index (χ2v) is 5.48. The molecule has 0 heterocycles. The SMILES string of the molecule is Cc1ccc(COc2ccccc2CC(C)C)cc1. The number of hydrogen-bond acceptors (Lipinski definition) is 1. The Morgan fingerprint density at radius 2 is 1.63 bits per heavy atom. The topological polar surface area (TPSA) is 9.23 Å². The summed E-state index contributed by atoms with van der Waals surface area (Å²) in [6, 6.07) is 16.8. The van der Waals surface area contributed by atoms with Gasteiger partial charge in [0.05, 0.1) is 0 Å². The number of rotatable bonds is 5. The molecule has 1 nitrogen and oxygen atoms in total. The van der Waals surface area contributed by atoms with Crippen molar-refractivity contribution in [2.75, 3.05) is 0 Å². The van der Waals surface area contributed by atoms with E-state index in [2.05, 4.69) is 63.2 Å². The van der Waals surface area contributed by atoms with Gasteiger partial charge in [-0.2, -0.15) is 0 Å². The minimum atomic E-state index is 0.634. The molecule has 0 unspecified atom stereocenters. The van der Waals surface area contributed by atoms with E-state index >= 15 is 0 Å².